The molecule has 1 N–H and O–H groups in total. The van der Waals surface area contributed by atoms with E-state index in [1.165, 1.54) is 11.3 Å². The number of ether oxygens (including phenoxy) is 1. The molecule has 1 aromatic heterocycles. The maximum atomic E-state index is 11.7. The summed E-state index contributed by atoms with van der Waals surface area (Å²) in [7, 11) is 0. The Morgan fingerprint density at radius 2 is 2.05 bits per heavy atom. The van der Waals surface area contributed by atoms with E-state index in [1.807, 2.05) is 13.8 Å². The molecule has 1 heterocycles. The number of aryl methyl sites for hydroxylation is 1. The van der Waals surface area contributed by atoms with Crippen LogP contribution in [0.25, 0.3) is 0 Å². The van der Waals surface area contributed by atoms with Gasteiger partial charge in [0.2, 0.25) is 0 Å². The number of nitrogens with one attached hydrogen (secondary N) is 1. The van der Waals surface area contributed by atoms with Gasteiger partial charge in [-0.15, -0.1) is 11.3 Å². The van der Waals surface area contributed by atoms with Crippen LogP contribution in [-0.4, -0.2) is 30.0 Å². The molecule has 1 amide bonds. The third-order valence-corrected chi connectivity index (χ3v) is 3.52. The zero-order valence-electron chi connectivity index (χ0n) is 12.1. The lowest BCUT2D eigenvalue weighted by molar-refractivity contribution is -0.143. The van der Waals surface area contributed by atoms with Crippen LogP contribution >= 0.6 is 11.3 Å². The molecule has 0 bridgehead atoms. The predicted molar refractivity (Wildman–Crippen MR) is 78.9 cm³/mol. The molecule has 112 valence electrons. The molecular weight excluding hydrogens is 276 g/mol. The molecule has 0 aromatic carbocycles. The molecular formula is C14H22N2O3S. The van der Waals surface area contributed by atoms with Crippen LogP contribution in [0.1, 0.15) is 54.5 Å². The van der Waals surface area contributed by atoms with Gasteiger partial charge in [-0.1, -0.05) is 12.8 Å². The Balaban J connectivity index is 2.00. The van der Waals surface area contributed by atoms with Gasteiger partial charge in [0.15, 0.2) is 0 Å². The SMILES string of the molecule is CCOC(=O)CCCCCCNC(=O)c1csc(C)n1. The first-order chi connectivity index (χ1) is 9.63. The highest BCUT2D eigenvalue weighted by Crippen LogP contribution is 2.08. The van der Waals surface area contributed by atoms with Crippen molar-refractivity contribution in [3.8, 4) is 0 Å². The van der Waals surface area contributed by atoms with Gasteiger partial charge in [0.25, 0.3) is 5.91 Å². The third-order valence-electron chi connectivity index (χ3n) is 2.75. The second-order valence-electron chi connectivity index (χ2n) is 4.48. The smallest absolute Gasteiger partial charge is 0.305 e. The number of thiazole rings is 1. The van der Waals surface area contributed by atoms with Gasteiger partial charge in [-0.25, -0.2) is 4.98 Å². The van der Waals surface area contributed by atoms with Crippen molar-refractivity contribution in [1.82, 2.24) is 10.3 Å². The molecule has 0 atom stereocenters. The fourth-order valence-electron chi connectivity index (χ4n) is 1.74. The Labute approximate surface area is 123 Å². The molecule has 5 nitrogen and oxygen atoms in total. The average molecular weight is 298 g/mol. The van der Waals surface area contributed by atoms with Gasteiger partial charge in [-0.3, -0.25) is 9.59 Å². The summed E-state index contributed by atoms with van der Waals surface area (Å²) in [5.74, 6) is -0.236. The van der Waals surface area contributed by atoms with Gasteiger partial charge in [0.1, 0.15) is 5.69 Å². The van der Waals surface area contributed by atoms with Gasteiger partial charge < -0.3 is 10.1 Å². The van der Waals surface area contributed by atoms with Crippen molar-refractivity contribution in [3.05, 3.63) is 16.1 Å². The maximum absolute atomic E-state index is 11.7. The molecule has 0 saturated carbocycles. The molecule has 0 aliphatic rings. The van der Waals surface area contributed by atoms with Crippen molar-refractivity contribution in [2.45, 2.75) is 46.0 Å². The number of carbonyl (C=O) groups is 2. The van der Waals surface area contributed by atoms with E-state index in [2.05, 4.69) is 10.3 Å². The average Bonchev–Trinajstić information content (AvgIpc) is 2.84. The van der Waals surface area contributed by atoms with Crippen LogP contribution in [0.5, 0.6) is 0 Å². The summed E-state index contributed by atoms with van der Waals surface area (Å²) in [5.41, 5.74) is 0.495. The minimum atomic E-state index is -0.125. The third kappa shape index (κ3) is 6.65. The number of rotatable bonds is 9. The summed E-state index contributed by atoms with van der Waals surface area (Å²) in [4.78, 5) is 26.9. The number of amides is 1. The number of nitrogens with zero attached hydrogens (tertiary/aromatic N) is 1. The minimum Gasteiger partial charge on any atom is -0.466 e. The van der Waals surface area contributed by atoms with E-state index in [4.69, 9.17) is 4.74 Å². The largest absolute Gasteiger partial charge is 0.466 e. The minimum absolute atomic E-state index is 0.110. The normalized spacial score (nSPS) is 10.3. The molecule has 1 aromatic rings. The highest BCUT2D eigenvalue weighted by molar-refractivity contribution is 7.09. The summed E-state index contributed by atoms with van der Waals surface area (Å²) in [6.07, 6.45) is 4.22. The van der Waals surface area contributed by atoms with Gasteiger partial charge in [-0.05, 0) is 26.7 Å². The number of aromatic nitrogens is 1. The van der Waals surface area contributed by atoms with Crippen LogP contribution in [0, 0.1) is 6.92 Å². The van der Waals surface area contributed by atoms with E-state index in [9.17, 15) is 9.59 Å². The van der Waals surface area contributed by atoms with Crippen molar-refractivity contribution in [2.24, 2.45) is 0 Å². The fourth-order valence-corrected chi connectivity index (χ4v) is 2.33. The highest BCUT2D eigenvalue weighted by Gasteiger charge is 2.07. The molecule has 0 unspecified atom stereocenters. The zero-order valence-corrected chi connectivity index (χ0v) is 12.9. The van der Waals surface area contributed by atoms with Crippen LogP contribution in [0.4, 0.5) is 0 Å². The van der Waals surface area contributed by atoms with Crippen LogP contribution < -0.4 is 5.32 Å². The Bertz CT molecular complexity index is 432. The van der Waals surface area contributed by atoms with Crippen LogP contribution in [0.2, 0.25) is 0 Å². The van der Waals surface area contributed by atoms with Crippen LogP contribution in [0.3, 0.4) is 0 Å². The van der Waals surface area contributed by atoms with Crippen molar-refractivity contribution >= 4 is 23.2 Å². The quantitative estimate of drug-likeness (QED) is 0.562. The van der Waals surface area contributed by atoms with E-state index < -0.39 is 0 Å². The first-order valence-corrected chi connectivity index (χ1v) is 7.87. The van der Waals surface area contributed by atoms with Gasteiger partial charge in [0.05, 0.1) is 11.6 Å². The number of esters is 1. The van der Waals surface area contributed by atoms with Gasteiger partial charge in [0, 0.05) is 18.3 Å². The van der Waals surface area contributed by atoms with E-state index in [0.29, 0.717) is 25.3 Å². The molecule has 0 spiro atoms. The van der Waals surface area contributed by atoms with E-state index in [1.54, 1.807) is 5.38 Å². The van der Waals surface area contributed by atoms with Crippen LogP contribution in [-0.2, 0) is 9.53 Å². The van der Waals surface area contributed by atoms with Gasteiger partial charge >= 0.3 is 5.97 Å². The van der Waals surface area contributed by atoms with Crippen molar-refractivity contribution in [2.75, 3.05) is 13.2 Å². The monoisotopic (exact) mass is 298 g/mol. The fraction of sp³-hybridized carbons (Fsp3) is 0.643. The topological polar surface area (TPSA) is 68.3 Å². The van der Waals surface area contributed by atoms with E-state index >= 15 is 0 Å². The Kier molecular flexibility index (Phi) is 7.87. The summed E-state index contributed by atoms with van der Waals surface area (Å²) >= 11 is 1.47. The number of hydrogen-bond donors (Lipinski definition) is 1. The number of unbranched alkanes of at least 4 members (excludes halogenated alkanes) is 3. The van der Waals surface area contributed by atoms with E-state index in [-0.39, 0.29) is 11.9 Å². The zero-order chi connectivity index (χ0) is 14.8. The lowest BCUT2D eigenvalue weighted by Crippen LogP contribution is -2.24. The molecule has 0 aliphatic heterocycles. The Morgan fingerprint density at radius 3 is 2.70 bits per heavy atom. The van der Waals surface area contributed by atoms with Crippen molar-refractivity contribution in [3.63, 3.8) is 0 Å². The van der Waals surface area contributed by atoms with Crippen molar-refractivity contribution in [1.29, 1.82) is 0 Å². The summed E-state index contributed by atoms with van der Waals surface area (Å²) in [5, 5.41) is 5.51. The predicted octanol–water partition coefficient (Wildman–Crippen LogP) is 2.69. The highest BCUT2D eigenvalue weighted by atomic mass is 32.1. The summed E-state index contributed by atoms with van der Waals surface area (Å²) in [6, 6.07) is 0. The number of hydrogen-bond acceptors (Lipinski definition) is 5. The molecule has 0 saturated heterocycles. The lowest BCUT2D eigenvalue weighted by atomic mass is 10.1. The Hall–Kier alpha value is -1.43. The first kappa shape index (κ1) is 16.6. The van der Waals surface area contributed by atoms with Crippen LogP contribution in [0.15, 0.2) is 5.38 Å². The molecule has 1 rings (SSSR count). The molecule has 6 heteroatoms. The maximum Gasteiger partial charge on any atom is 0.305 e. The van der Waals surface area contributed by atoms with Crippen molar-refractivity contribution < 1.29 is 14.3 Å². The molecule has 0 fully saturated rings. The second-order valence-corrected chi connectivity index (χ2v) is 5.54. The summed E-state index contributed by atoms with van der Waals surface area (Å²) < 4.78 is 4.85. The molecule has 0 radical (unpaired) electrons. The molecule has 0 aliphatic carbocycles. The number of carbonyl (C=O) groups excluding carboxylic acids is 2. The lowest BCUT2D eigenvalue weighted by Gasteiger charge is -2.04. The Morgan fingerprint density at radius 1 is 1.30 bits per heavy atom. The second kappa shape index (κ2) is 9.47. The summed E-state index contributed by atoms with van der Waals surface area (Å²) in [6.45, 7) is 4.78. The molecule has 20 heavy (non-hydrogen) atoms. The van der Waals surface area contributed by atoms with E-state index in [0.717, 1.165) is 30.7 Å². The standard InChI is InChI=1S/C14H22N2O3S/c1-3-19-13(17)8-6-4-5-7-9-15-14(18)12-10-20-11(2)16-12/h10H,3-9H2,1-2H3,(H,15,18). The van der Waals surface area contributed by atoms with Gasteiger partial charge in [-0.2, -0.15) is 0 Å². The first-order valence-electron chi connectivity index (χ1n) is 6.99.